The first-order valence-corrected chi connectivity index (χ1v) is 9.20. The Kier molecular flexibility index (Phi) is 5.06. The summed E-state index contributed by atoms with van der Waals surface area (Å²) in [5, 5.41) is 7.40. The third-order valence-electron chi connectivity index (χ3n) is 4.07. The Morgan fingerprint density at radius 2 is 1.79 bits per heavy atom. The fraction of sp³-hybridized carbons (Fsp3) is 0. The number of fused-ring (bicyclic) bond motifs is 1. The molecule has 0 bridgehead atoms. The monoisotopic (exact) mass is 407 g/mol. The average molecular weight is 408 g/mol. The van der Waals surface area contributed by atoms with E-state index >= 15 is 0 Å². The first kappa shape index (κ1) is 18.2. The second-order valence-electron chi connectivity index (χ2n) is 5.96. The molecule has 2 aromatic heterocycles. The number of anilines is 1. The van der Waals surface area contributed by atoms with Gasteiger partial charge in [0.1, 0.15) is 5.76 Å². The van der Waals surface area contributed by atoms with Crippen molar-refractivity contribution in [3.05, 3.63) is 83.7 Å². The van der Waals surface area contributed by atoms with Gasteiger partial charge in [0, 0.05) is 22.2 Å². The maximum Gasteiger partial charge on any atom is 0.293 e. The normalized spacial score (nSPS) is 10.6. The highest BCUT2D eigenvalue weighted by molar-refractivity contribution is 7.80. The van der Waals surface area contributed by atoms with Gasteiger partial charge in [0.25, 0.3) is 5.91 Å². The van der Waals surface area contributed by atoms with Crippen LogP contribution in [0.25, 0.3) is 22.2 Å². The second-order valence-corrected chi connectivity index (χ2v) is 6.80. The van der Waals surface area contributed by atoms with Crippen LogP contribution in [0.1, 0.15) is 10.6 Å². The van der Waals surface area contributed by atoms with E-state index in [4.69, 9.17) is 28.2 Å². The van der Waals surface area contributed by atoms with E-state index in [-0.39, 0.29) is 10.9 Å². The fourth-order valence-electron chi connectivity index (χ4n) is 2.75. The number of hydrogen-bond donors (Lipinski definition) is 2. The number of furan rings is 1. The van der Waals surface area contributed by atoms with Crippen LogP contribution in [0.5, 0.6) is 0 Å². The summed E-state index contributed by atoms with van der Waals surface area (Å²) in [5.41, 5.74) is 2.31. The van der Waals surface area contributed by atoms with Gasteiger partial charge in [-0.15, -0.1) is 0 Å². The van der Waals surface area contributed by atoms with E-state index in [0.717, 1.165) is 16.5 Å². The zero-order valence-corrected chi connectivity index (χ0v) is 16.1. The lowest BCUT2D eigenvalue weighted by Crippen LogP contribution is -2.33. The van der Waals surface area contributed by atoms with Gasteiger partial charge in [-0.05, 0) is 60.7 Å². The van der Waals surface area contributed by atoms with Crippen molar-refractivity contribution in [1.82, 2.24) is 10.3 Å². The summed E-state index contributed by atoms with van der Waals surface area (Å²) in [5.74, 6) is 0.287. The van der Waals surface area contributed by atoms with Crippen LogP contribution in [0.2, 0.25) is 5.02 Å². The van der Waals surface area contributed by atoms with Crippen LogP contribution in [0.3, 0.4) is 0 Å². The molecule has 0 aliphatic carbocycles. The van der Waals surface area contributed by atoms with Gasteiger partial charge >= 0.3 is 0 Å². The van der Waals surface area contributed by atoms with Crippen molar-refractivity contribution in [3.8, 4) is 11.3 Å². The van der Waals surface area contributed by atoms with Gasteiger partial charge in [-0.2, -0.15) is 0 Å². The summed E-state index contributed by atoms with van der Waals surface area (Å²) in [7, 11) is 0. The molecular formula is C21H14ClN3O2S. The number of pyridine rings is 1. The summed E-state index contributed by atoms with van der Waals surface area (Å²) in [4.78, 5) is 16.8. The predicted molar refractivity (Wildman–Crippen MR) is 115 cm³/mol. The molecule has 0 atom stereocenters. The zero-order valence-electron chi connectivity index (χ0n) is 14.5. The summed E-state index contributed by atoms with van der Waals surface area (Å²) < 4.78 is 5.64. The van der Waals surface area contributed by atoms with Gasteiger partial charge in [-0.25, -0.2) is 0 Å². The number of para-hydroxylation sites is 1. The Balaban J connectivity index is 1.46. The summed E-state index contributed by atoms with van der Waals surface area (Å²) in [6.07, 6.45) is 1.70. The van der Waals surface area contributed by atoms with Crippen molar-refractivity contribution in [3.63, 3.8) is 0 Å². The number of aromatic nitrogens is 1. The van der Waals surface area contributed by atoms with E-state index in [2.05, 4.69) is 15.6 Å². The molecule has 2 aromatic carbocycles. The van der Waals surface area contributed by atoms with E-state index in [0.29, 0.717) is 16.5 Å². The van der Waals surface area contributed by atoms with E-state index in [9.17, 15) is 4.79 Å². The molecule has 1 amide bonds. The van der Waals surface area contributed by atoms with Crippen LogP contribution in [0.15, 0.2) is 77.3 Å². The summed E-state index contributed by atoms with van der Waals surface area (Å²) >= 11 is 11.2. The zero-order chi connectivity index (χ0) is 19.5. The number of nitrogens with zero attached hydrogens (tertiary/aromatic N) is 1. The molecule has 4 aromatic rings. The number of thiocarbonyl (C=S) groups is 1. The van der Waals surface area contributed by atoms with Crippen molar-refractivity contribution in [2.24, 2.45) is 0 Å². The van der Waals surface area contributed by atoms with Crippen LogP contribution in [-0.4, -0.2) is 16.0 Å². The number of nitrogens with one attached hydrogen (secondary N) is 2. The molecule has 2 heterocycles. The van der Waals surface area contributed by atoms with Gasteiger partial charge < -0.3 is 9.73 Å². The molecule has 0 spiro atoms. The van der Waals surface area contributed by atoms with Crippen LogP contribution in [0.4, 0.5) is 5.69 Å². The highest BCUT2D eigenvalue weighted by Crippen LogP contribution is 2.24. The molecule has 0 saturated heterocycles. The number of carbonyl (C=O) groups excluding carboxylic acids is 1. The fourth-order valence-corrected chi connectivity index (χ4v) is 3.08. The van der Waals surface area contributed by atoms with Gasteiger partial charge in [0.15, 0.2) is 10.9 Å². The summed E-state index contributed by atoms with van der Waals surface area (Å²) in [6, 6.07) is 20.0. The summed E-state index contributed by atoms with van der Waals surface area (Å²) in [6.45, 7) is 0. The van der Waals surface area contributed by atoms with Gasteiger partial charge in [-0.3, -0.25) is 15.1 Å². The number of carbonyl (C=O) groups is 1. The molecule has 138 valence electrons. The van der Waals surface area contributed by atoms with E-state index in [1.54, 1.807) is 30.5 Å². The van der Waals surface area contributed by atoms with Crippen molar-refractivity contribution < 1.29 is 9.21 Å². The predicted octanol–water partition coefficient (Wildman–Crippen LogP) is 5.28. The lowest BCUT2D eigenvalue weighted by atomic mass is 10.2. The molecule has 0 unspecified atom stereocenters. The van der Waals surface area contributed by atoms with Crippen molar-refractivity contribution in [2.45, 2.75) is 0 Å². The third kappa shape index (κ3) is 3.88. The minimum Gasteiger partial charge on any atom is -0.451 e. The van der Waals surface area contributed by atoms with E-state index in [1.165, 1.54) is 0 Å². The smallest absolute Gasteiger partial charge is 0.293 e. The molecule has 0 fully saturated rings. The molecule has 0 aliphatic rings. The van der Waals surface area contributed by atoms with E-state index < -0.39 is 5.91 Å². The van der Waals surface area contributed by atoms with Crippen molar-refractivity contribution in [2.75, 3.05) is 5.32 Å². The Morgan fingerprint density at radius 3 is 2.61 bits per heavy atom. The number of amides is 1. The first-order valence-electron chi connectivity index (χ1n) is 8.42. The highest BCUT2D eigenvalue weighted by atomic mass is 35.5. The lowest BCUT2D eigenvalue weighted by molar-refractivity contribution is 0.0951. The number of benzene rings is 2. The largest absolute Gasteiger partial charge is 0.451 e. The van der Waals surface area contributed by atoms with Crippen LogP contribution < -0.4 is 10.6 Å². The minimum absolute atomic E-state index is 0.158. The molecular weight excluding hydrogens is 394 g/mol. The standard InChI is InChI=1S/C21H14ClN3O2S/c22-15-8-6-13(7-9-15)17-10-11-18(27-17)20(26)25-21(28)24-16-5-1-3-14-4-2-12-23-19(14)16/h1-12H,(H2,24,25,26,28). The quantitative estimate of drug-likeness (QED) is 0.452. The second kappa shape index (κ2) is 7.80. The van der Waals surface area contributed by atoms with Crippen molar-refractivity contribution >= 4 is 51.4 Å². The number of halogens is 1. The topological polar surface area (TPSA) is 67.2 Å². The van der Waals surface area contributed by atoms with Crippen molar-refractivity contribution in [1.29, 1.82) is 0 Å². The molecule has 0 aliphatic heterocycles. The maximum atomic E-state index is 12.4. The Hall–Kier alpha value is -3.22. The van der Waals surface area contributed by atoms with E-state index in [1.807, 2.05) is 42.5 Å². The number of hydrogen-bond acceptors (Lipinski definition) is 4. The maximum absolute atomic E-state index is 12.4. The lowest BCUT2D eigenvalue weighted by Gasteiger charge is -2.10. The Labute approximate surface area is 171 Å². The van der Waals surface area contributed by atoms with Gasteiger partial charge in [-0.1, -0.05) is 29.8 Å². The average Bonchev–Trinajstić information content (AvgIpc) is 3.19. The molecule has 28 heavy (non-hydrogen) atoms. The minimum atomic E-state index is -0.439. The van der Waals surface area contributed by atoms with Crippen LogP contribution in [0, 0.1) is 0 Å². The molecule has 0 saturated carbocycles. The molecule has 4 rings (SSSR count). The number of rotatable bonds is 3. The van der Waals surface area contributed by atoms with Gasteiger partial charge in [0.2, 0.25) is 0 Å². The molecule has 7 heteroatoms. The SMILES string of the molecule is O=C(NC(=S)Nc1cccc2cccnc12)c1ccc(-c2ccc(Cl)cc2)o1. The molecule has 2 N–H and O–H groups in total. The third-order valence-corrected chi connectivity index (χ3v) is 4.52. The van der Waals surface area contributed by atoms with Crippen LogP contribution in [-0.2, 0) is 0 Å². The molecule has 0 radical (unpaired) electrons. The van der Waals surface area contributed by atoms with Crippen LogP contribution >= 0.6 is 23.8 Å². The first-order chi connectivity index (χ1) is 13.6. The Bertz CT molecular complexity index is 1170. The van der Waals surface area contributed by atoms with Gasteiger partial charge in [0.05, 0.1) is 11.2 Å². The molecule has 5 nitrogen and oxygen atoms in total. The highest BCUT2D eigenvalue weighted by Gasteiger charge is 2.14. The Morgan fingerprint density at radius 1 is 1.00 bits per heavy atom.